The largest absolute Gasteiger partial charge is 0.340 e. The van der Waals surface area contributed by atoms with Gasteiger partial charge < -0.3 is 5.32 Å². The molecule has 0 aromatic carbocycles. The molecule has 0 aliphatic carbocycles. The zero-order valence-corrected chi connectivity index (χ0v) is 11.2. The molecule has 2 heterocycles. The van der Waals surface area contributed by atoms with Crippen molar-refractivity contribution < 1.29 is 19.3 Å². The molecular weight excluding hydrogens is 304 g/mol. The third-order valence-electron chi connectivity index (χ3n) is 2.84. The summed E-state index contributed by atoms with van der Waals surface area (Å²) in [4.78, 5) is 48.2. The first kappa shape index (κ1) is 14.9. The summed E-state index contributed by atoms with van der Waals surface area (Å²) in [6.45, 7) is 0. The minimum Gasteiger partial charge on any atom is -0.340 e. The second-order valence-electron chi connectivity index (χ2n) is 4.26. The zero-order chi connectivity index (χ0) is 15.6. The molecule has 1 fully saturated rings. The van der Waals surface area contributed by atoms with Crippen molar-refractivity contribution in [2.75, 3.05) is 0 Å². The first-order valence-corrected chi connectivity index (χ1v) is 6.21. The molecule has 1 saturated heterocycles. The van der Waals surface area contributed by atoms with Gasteiger partial charge in [0, 0.05) is 6.42 Å². The van der Waals surface area contributed by atoms with Crippen molar-refractivity contribution in [3.8, 4) is 0 Å². The third kappa shape index (κ3) is 3.31. The van der Waals surface area contributed by atoms with Crippen LogP contribution in [0.3, 0.4) is 0 Å². The van der Waals surface area contributed by atoms with Gasteiger partial charge in [-0.15, -0.1) is 0 Å². The van der Waals surface area contributed by atoms with Crippen LogP contribution in [0.25, 0.3) is 0 Å². The molecule has 1 aromatic heterocycles. The molecule has 2 rings (SSSR count). The van der Waals surface area contributed by atoms with Crippen molar-refractivity contribution >= 4 is 35.0 Å². The maximum Gasteiger partial charge on any atom is 0.300 e. The first-order valence-electron chi connectivity index (χ1n) is 5.83. The third-order valence-corrected chi connectivity index (χ3v) is 3.04. The summed E-state index contributed by atoms with van der Waals surface area (Å²) >= 11 is 5.62. The fourth-order valence-corrected chi connectivity index (χ4v) is 1.98. The van der Waals surface area contributed by atoms with Crippen LogP contribution in [0.4, 0.5) is 5.69 Å². The lowest BCUT2D eigenvalue weighted by molar-refractivity contribution is -0.385. The van der Waals surface area contributed by atoms with Crippen molar-refractivity contribution in [3.05, 3.63) is 33.1 Å². The van der Waals surface area contributed by atoms with Crippen LogP contribution in [0, 0.1) is 10.1 Å². The lowest BCUT2D eigenvalue weighted by atomic mass is 10.1. The van der Waals surface area contributed by atoms with Crippen molar-refractivity contribution in [1.82, 2.24) is 15.6 Å². The van der Waals surface area contributed by atoms with Crippen LogP contribution in [0.15, 0.2) is 12.3 Å². The molecule has 1 unspecified atom stereocenters. The van der Waals surface area contributed by atoms with E-state index >= 15 is 0 Å². The second-order valence-corrected chi connectivity index (χ2v) is 4.65. The number of nitrogens with zero attached hydrogens (tertiary/aromatic N) is 2. The summed E-state index contributed by atoms with van der Waals surface area (Å²) in [6.07, 6.45) is 1.07. The van der Waals surface area contributed by atoms with E-state index in [0.717, 1.165) is 12.3 Å². The molecule has 21 heavy (non-hydrogen) atoms. The highest BCUT2D eigenvalue weighted by atomic mass is 35.5. The van der Waals surface area contributed by atoms with Crippen molar-refractivity contribution in [3.63, 3.8) is 0 Å². The molecule has 2 N–H and O–H groups in total. The summed E-state index contributed by atoms with van der Waals surface area (Å²) in [5.41, 5.74) is -0.825. The van der Waals surface area contributed by atoms with E-state index in [2.05, 4.69) is 15.6 Å². The van der Waals surface area contributed by atoms with Crippen LogP contribution in [-0.2, 0) is 9.59 Å². The lowest BCUT2D eigenvalue weighted by Crippen LogP contribution is -2.52. The fourth-order valence-electron chi connectivity index (χ4n) is 1.82. The maximum atomic E-state index is 12.1. The summed E-state index contributed by atoms with van der Waals surface area (Å²) in [5.74, 6) is -1.91. The number of imide groups is 1. The number of halogens is 1. The number of carbonyl (C=O) groups excluding carboxylic acids is 3. The maximum absolute atomic E-state index is 12.1. The molecule has 3 amide bonds. The van der Waals surface area contributed by atoms with Gasteiger partial charge in [-0.25, -0.2) is 4.98 Å². The minimum atomic E-state index is -0.929. The lowest BCUT2D eigenvalue weighted by Gasteiger charge is -2.21. The van der Waals surface area contributed by atoms with Crippen LogP contribution in [0.2, 0.25) is 5.15 Å². The topological polar surface area (TPSA) is 131 Å². The Balaban J connectivity index is 2.21. The van der Waals surface area contributed by atoms with Crippen LogP contribution in [-0.4, -0.2) is 33.7 Å². The van der Waals surface area contributed by atoms with Gasteiger partial charge in [0.05, 0.1) is 4.92 Å². The Morgan fingerprint density at radius 3 is 2.86 bits per heavy atom. The van der Waals surface area contributed by atoms with Crippen molar-refractivity contribution in [2.24, 2.45) is 0 Å². The average Bonchev–Trinajstić information content (AvgIpc) is 2.41. The average molecular weight is 313 g/mol. The Morgan fingerprint density at radius 2 is 2.24 bits per heavy atom. The molecule has 1 aromatic rings. The number of rotatable bonds is 3. The molecule has 1 aliphatic rings. The monoisotopic (exact) mass is 312 g/mol. The molecule has 10 heteroatoms. The SMILES string of the molecule is O=C1CCC(NC(=O)c2cc(Cl)ncc2[N+](=O)[O-])C(=O)N1. The Hall–Kier alpha value is -2.55. The van der Waals surface area contributed by atoms with E-state index in [-0.39, 0.29) is 23.6 Å². The number of amides is 3. The summed E-state index contributed by atoms with van der Waals surface area (Å²) in [6, 6.07) is 0.114. The quantitative estimate of drug-likeness (QED) is 0.354. The Morgan fingerprint density at radius 1 is 1.52 bits per heavy atom. The van der Waals surface area contributed by atoms with E-state index in [4.69, 9.17) is 11.6 Å². The smallest absolute Gasteiger partial charge is 0.300 e. The van der Waals surface area contributed by atoms with Gasteiger partial charge >= 0.3 is 0 Å². The standard InChI is InChI=1S/C11H9ClN4O5/c12-8-3-5(7(4-13-8)16(20)21)10(18)14-6-1-2-9(17)15-11(6)19/h3-4,6H,1-2H2,(H,14,18)(H,15,17,19). The van der Waals surface area contributed by atoms with Crippen molar-refractivity contribution in [1.29, 1.82) is 0 Å². The Labute approximate surface area is 122 Å². The highest BCUT2D eigenvalue weighted by Crippen LogP contribution is 2.20. The molecule has 0 bridgehead atoms. The van der Waals surface area contributed by atoms with Crippen LogP contribution in [0.5, 0.6) is 0 Å². The summed E-state index contributed by atoms with van der Waals surface area (Å²) in [7, 11) is 0. The number of nitro groups is 1. The van der Waals surface area contributed by atoms with Gasteiger partial charge in [-0.05, 0) is 12.5 Å². The number of hydrogen-bond donors (Lipinski definition) is 2. The molecule has 0 saturated carbocycles. The van der Waals surface area contributed by atoms with E-state index in [1.807, 2.05) is 0 Å². The van der Waals surface area contributed by atoms with E-state index in [0.29, 0.717) is 0 Å². The summed E-state index contributed by atoms with van der Waals surface area (Å²) in [5, 5.41) is 15.2. The van der Waals surface area contributed by atoms with Gasteiger partial charge in [0.1, 0.15) is 23.0 Å². The normalized spacial score (nSPS) is 18.0. The van der Waals surface area contributed by atoms with Crippen LogP contribution < -0.4 is 10.6 Å². The number of piperidine rings is 1. The fraction of sp³-hybridized carbons (Fsp3) is 0.273. The molecule has 1 atom stereocenters. The van der Waals surface area contributed by atoms with Gasteiger partial charge in [-0.1, -0.05) is 11.6 Å². The number of aromatic nitrogens is 1. The molecule has 0 spiro atoms. The van der Waals surface area contributed by atoms with Gasteiger partial charge in [-0.2, -0.15) is 0 Å². The Kier molecular flexibility index (Phi) is 4.13. The number of pyridine rings is 1. The Bertz CT molecular complexity index is 648. The van der Waals surface area contributed by atoms with Crippen LogP contribution in [0.1, 0.15) is 23.2 Å². The molecule has 0 radical (unpaired) electrons. The predicted molar refractivity (Wildman–Crippen MR) is 69.5 cm³/mol. The molecule has 1 aliphatic heterocycles. The second kappa shape index (κ2) is 5.83. The summed E-state index contributed by atoms with van der Waals surface area (Å²) < 4.78 is 0. The molecule has 110 valence electrons. The molecular formula is C11H9ClN4O5. The van der Waals surface area contributed by atoms with Gasteiger partial charge in [0.25, 0.3) is 11.6 Å². The highest BCUT2D eigenvalue weighted by molar-refractivity contribution is 6.29. The van der Waals surface area contributed by atoms with Gasteiger partial charge in [-0.3, -0.25) is 29.8 Å². The number of carbonyl (C=O) groups is 3. The number of nitrogens with one attached hydrogen (secondary N) is 2. The zero-order valence-electron chi connectivity index (χ0n) is 10.5. The first-order chi connectivity index (χ1) is 9.88. The minimum absolute atomic E-state index is 0.0792. The van der Waals surface area contributed by atoms with E-state index in [1.165, 1.54) is 0 Å². The number of hydrogen-bond acceptors (Lipinski definition) is 6. The van der Waals surface area contributed by atoms with Crippen LogP contribution >= 0.6 is 11.6 Å². The van der Waals surface area contributed by atoms with Crippen molar-refractivity contribution in [2.45, 2.75) is 18.9 Å². The van der Waals surface area contributed by atoms with E-state index < -0.39 is 34.4 Å². The highest BCUT2D eigenvalue weighted by Gasteiger charge is 2.30. The molecule has 9 nitrogen and oxygen atoms in total. The van der Waals surface area contributed by atoms with Gasteiger partial charge in [0.15, 0.2) is 0 Å². The van der Waals surface area contributed by atoms with Gasteiger partial charge in [0.2, 0.25) is 11.8 Å². The van der Waals surface area contributed by atoms with E-state index in [1.54, 1.807) is 0 Å². The van der Waals surface area contributed by atoms with E-state index in [9.17, 15) is 24.5 Å². The predicted octanol–water partition coefficient (Wildman–Crippen LogP) is 0.178.